The molecule has 2 atom stereocenters. The second-order valence-corrected chi connectivity index (χ2v) is 7.09. The number of hydrogen-bond donors (Lipinski definition) is 1. The van der Waals surface area contributed by atoms with Crippen LogP contribution in [0.4, 0.5) is 0 Å². The van der Waals surface area contributed by atoms with Gasteiger partial charge in [-0.3, -0.25) is 0 Å². The molecule has 0 aromatic rings. The van der Waals surface area contributed by atoms with Gasteiger partial charge in [0.1, 0.15) is 0 Å². The number of rotatable bonds is 6. The summed E-state index contributed by atoms with van der Waals surface area (Å²) in [5.41, 5.74) is 0.495. The van der Waals surface area contributed by atoms with E-state index in [0.29, 0.717) is 11.5 Å². The quantitative estimate of drug-likeness (QED) is 0.767. The molecule has 1 fully saturated rings. The third kappa shape index (κ3) is 4.59. The van der Waals surface area contributed by atoms with Crippen LogP contribution < -0.4 is 5.32 Å². The first-order chi connectivity index (χ1) is 7.83. The molecule has 0 aromatic carbocycles. The fourth-order valence-electron chi connectivity index (χ4n) is 3.00. The minimum Gasteiger partial charge on any atom is -0.312 e. The Labute approximate surface area is 108 Å². The minimum atomic E-state index is 0.495. The van der Waals surface area contributed by atoms with Crippen molar-refractivity contribution in [3.8, 4) is 0 Å². The molecule has 1 aliphatic carbocycles. The van der Waals surface area contributed by atoms with Gasteiger partial charge in [0.2, 0.25) is 0 Å². The van der Waals surface area contributed by atoms with Crippen molar-refractivity contribution in [2.45, 2.75) is 65.5 Å². The van der Waals surface area contributed by atoms with E-state index in [0.717, 1.165) is 18.5 Å². The van der Waals surface area contributed by atoms with Crippen molar-refractivity contribution in [2.24, 2.45) is 11.3 Å². The van der Waals surface area contributed by atoms with E-state index in [1.54, 1.807) is 0 Å². The lowest BCUT2D eigenvalue weighted by atomic mass is 9.87. The van der Waals surface area contributed by atoms with Crippen molar-refractivity contribution in [3.05, 3.63) is 0 Å². The van der Waals surface area contributed by atoms with Gasteiger partial charge in [0, 0.05) is 18.6 Å². The molecule has 0 saturated heterocycles. The van der Waals surface area contributed by atoms with Gasteiger partial charge in [-0.2, -0.15) is 0 Å². The Kier molecular flexibility index (Phi) is 5.46. The van der Waals surface area contributed by atoms with E-state index in [9.17, 15) is 0 Å². The summed E-state index contributed by atoms with van der Waals surface area (Å²) in [6.07, 6.45) is 5.41. The topological polar surface area (TPSA) is 15.3 Å². The van der Waals surface area contributed by atoms with Gasteiger partial charge < -0.3 is 10.2 Å². The third-order valence-electron chi connectivity index (χ3n) is 4.33. The predicted octanol–water partition coefficient (Wildman–Crippen LogP) is 3.13. The molecule has 0 radical (unpaired) electrons. The van der Waals surface area contributed by atoms with Crippen LogP contribution in [0.5, 0.6) is 0 Å². The van der Waals surface area contributed by atoms with Gasteiger partial charge in [0.25, 0.3) is 0 Å². The van der Waals surface area contributed by atoms with Crippen molar-refractivity contribution in [2.75, 3.05) is 20.6 Å². The number of nitrogens with zero attached hydrogens (tertiary/aromatic N) is 1. The second kappa shape index (κ2) is 6.19. The van der Waals surface area contributed by atoms with E-state index in [-0.39, 0.29) is 0 Å². The zero-order valence-electron chi connectivity index (χ0n) is 12.7. The highest BCUT2D eigenvalue weighted by Crippen LogP contribution is 2.37. The molecule has 2 heteroatoms. The van der Waals surface area contributed by atoms with Gasteiger partial charge in [-0.25, -0.2) is 0 Å². The first-order valence-corrected chi connectivity index (χ1v) is 7.22. The molecular formula is C15H32N2. The van der Waals surface area contributed by atoms with Crippen molar-refractivity contribution in [1.82, 2.24) is 10.2 Å². The Morgan fingerprint density at radius 1 is 1.29 bits per heavy atom. The number of nitrogens with one attached hydrogen (secondary N) is 1. The molecule has 0 bridgehead atoms. The minimum absolute atomic E-state index is 0.495. The second-order valence-electron chi connectivity index (χ2n) is 7.09. The smallest absolute Gasteiger partial charge is 0.0217 e. The van der Waals surface area contributed by atoms with Crippen molar-refractivity contribution in [3.63, 3.8) is 0 Å². The molecule has 2 unspecified atom stereocenters. The van der Waals surface area contributed by atoms with Crippen LogP contribution in [0.25, 0.3) is 0 Å². The maximum absolute atomic E-state index is 3.82. The number of likely N-dealkylation sites (N-methyl/N-ethyl adjacent to an activating group) is 1. The summed E-state index contributed by atoms with van der Waals surface area (Å²) in [4.78, 5) is 2.37. The van der Waals surface area contributed by atoms with Gasteiger partial charge in [-0.15, -0.1) is 0 Å². The average molecular weight is 240 g/mol. The summed E-state index contributed by atoms with van der Waals surface area (Å²) >= 11 is 0. The standard InChI is InChI=1S/C15H32N2/c1-12(2)10-13(17(5)6)11-16-14-8-7-9-15(14,3)4/h12-14,16H,7-11H2,1-6H3. The van der Waals surface area contributed by atoms with Crippen LogP contribution in [0, 0.1) is 11.3 Å². The summed E-state index contributed by atoms with van der Waals surface area (Å²) in [5, 5.41) is 3.82. The lowest BCUT2D eigenvalue weighted by molar-refractivity contribution is 0.215. The summed E-state index contributed by atoms with van der Waals surface area (Å²) in [6, 6.07) is 1.39. The Balaban J connectivity index is 2.41. The SMILES string of the molecule is CC(C)CC(CNC1CCCC1(C)C)N(C)C. The molecule has 0 aliphatic heterocycles. The van der Waals surface area contributed by atoms with Crippen LogP contribution >= 0.6 is 0 Å². The number of hydrogen-bond acceptors (Lipinski definition) is 2. The highest BCUT2D eigenvalue weighted by molar-refractivity contribution is 4.91. The Morgan fingerprint density at radius 2 is 1.94 bits per heavy atom. The molecule has 1 N–H and O–H groups in total. The zero-order chi connectivity index (χ0) is 13.1. The van der Waals surface area contributed by atoms with Crippen LogP contribution in [0.15, 0.2) is 0 Å². The molecule has 1 aliphatic rings. The van der Waals surface area contributed by atoms with Gasteiger partial charge in [0.05, 0.1) is 0 Å². The summed E-state index contributed by atoms with van der Waals surface area (Å²) in [6.45, 7) is 10.6. The van der Waals surface area contributed by atoms with Crippen LogP contribution in [-0.2, 0) is 0 Å². The fourth-order valence-corrected chi connectivity index (χ4v) is 3.00. The van der Waals surface area contributed by atoms with Crippen LogP contribution in [0.3, 0.4) is 0 Å². The van der Waals surface area contributed by atoms with Crippen molar-refractivity contribution >= 4 is 0 Å². The van der Waals surface area contributed by atoms with Gasteiger partial charge >= 0.3 is 0 Å². The highest BCUT2D eigenvalue weighted by Gasteiger charge is 2.34. The molecular weight excluding hydrogens is 208 g/mol. The van der Waals surface area contributed by atoms with Crippen LogP contribution in [0.1, 0.15) is 53.4 Å². The summed E-state index contributed by atoms with van der Waals surface area (Å²) < 4.78 is 0. The summed E-state index contributed by atoms with van der Waals surface area (Å²) in [7, 11) is 4.41. The van der Waals surface area contributed by atoms with Crippen LogP contribution in [0.2, 0.25) is 0 Å². The first kappa shape index (κ1) is 15.0. The maximum atomic E-state index is 3.82. The Morgan fingerprint density at radius 3 is 2.35 bits per heavy atom. The monoisotopic (exact) mass is 240 g/mol. The van der Waals surface area contributed by atoms with Gasteiger partial charge in [-0.1, -0.05) is 34.1 Å². The fraction of sp³-hybridized carbons (Fsp3) is 1.00. The molecule has 0 spiro atoms. The van der Waals surface area contributed by atoms with Crippen molar-refractivity contribution < 1.29 is 0 Å². The lowest BCUT2D eigenvalue weighted by Crippen LogP contribution is -2.45. The highest BCUT2D eigenvalue weighted by atomic mass is 15.1. The largest absolute Gasteiger partial charge is 0.312 e. The predicted molar refractivity (Wildman–Crippen MR) is 76.4 cm³/mol. The Hall–Kier alpha value is -0.0800. The van der Waals surface area contributed by atoms with Gasteiger partial charge in [0.15, 0.2) is 0 Å². The molecule has 0 amide bonds. The normalized spacial score (nSPS) is 25.8. The lowest BCUT2D eigenvalue weighted by Gasteiger charge is -2.32. The maximum Gasteiger partial charge on any atom is 0.0217 e. The molecule has 0 heterocycles. The van der Waals surface area contributed by atoms with E-state index in [2.05, 4.69) is 52.0 Å². The molecule has 2 nitrogen and oxygen atoms in total. The average Bonchev–Trinajstić information content (AvgIpc) is 2.51. The van der Waals surface area contributed by atoms with E-state index < -0.39 is 0 Å². The third-order valence-corrected chi connectivity index (χ3v) is 4.33. The summed E-state index contributed by atoms with van der Waals surface area (Å²) in [5.74, 6) is 0.779. The van der Waals surface area contributed by atoms with E-state index in [4.69, 9.17) is 0 Å². The van der Waals surface area contributed by atoms with E-state index >= 15 is 0 Å². The van der Waals surface area contributed by atoms with E-state index in [1.807, 2.05) is 0 Å². The molecule has 102 valence electrons. The molecule has 0 aromatic heterocycles. The van der Waals surface area contributed by atoms with Crippen LogP contribution in [-0.4, -0.2) is 37.6 Å². The van der Waals surface area contributed by atoms with Crippen molar-refractivity contribution in [1.29, 1.82) is 0 Å². The first-order valence-electron chi connectivity index (χ1n) is 7.22. The van der Waals surface area contributed by atoms with Gasteiger partial charge in [-0.05, 0) is 44.7 Å². The zero-order valence-corrected chi connectivity index (χ0v) is 12.7. The van der Waals surface area contributed by atoms with E-state index in [1.165, 1.54) is 25.7 Å². The molecule has 1 rings (SSSR count). The molecule has 1 saturated carbocycles. The molecule has 17 heavy (non-hydrogen) atoms. The Bertz CT molecular complexity index is 221.